The average molecular weight is 447 g/mol. The van der Waals surface area contributed by atoms with Crippen molar-refractivity contribution in [3.05, 3.63) is 63.3 Å². The maximum atomic E-state index is 12.9. The lowest BCUT2D eigenvalue weighted by molar-refractivity contribution is -0.170. The van der Waals surface area contributed by atoms with Crippen molar-refractivity contribution in [2.75, 3.05) is 6.61 Å². The third-order valence-corrected chi connectivity index (χ3v) is 6.57. The second kappa shape index (κ2) is 8.26. The minimum absolute atomic E-state index is 0.0637. The number of halogens is 2. The molecular formula is C24H24Cl2O4. The van der Waals surface area contributed by atoms with Crippen molar-refractivity contribution in [2.24, 2.45) is 0 Å². The first-order chi connectivity index (χ1) is 14.4. The van der Waals surface area contributed by atoms with Crippen LogP contribution in [0.2, 0.25) is 10.0 Å². The molecule has 0 bridgehead atoms. The van der Waals surface area contributed by atoms with E-state index in [1.807, 2.05) is 50.2 Å². The van der Waals surface area contributed by atoms with Gasteiger partial charge in [0.2, 0.25) is 0 Å². The highest BCUT2D eigenvalue weighted by Crippen LogP contribution is 2.48. The number of carbonyl (C=O) groups is 1. The molecule has 2 aliphatic rings. The van der Waals surface area contributed by atoms with Crippen LogP contribution >= 0.6 is 23.2 Å². The van der Waals surface area contributed by atoms with Gasteiger partial charge >= 0.3 is 5.97 Å². The first-order valence-corrected chi connectivity index (χ1v) is 11.0. The highest BCUT2D eigenvalue weighted by Gasteiger charge is 2.55. The summed E-state index contributed by atoms with van der Waals surface area (Å²) in [4.78, 5) is 12.9. The summed E-state index contributed by atoms with van der Waals surface area (Å²) in [6, 6.07) is 11.1. The molecule has 4 nitrogen and oxygen atoms in total. The lowest BCUT2D eigenvalue weighted by Gasteiger charge is -2.39. The van der Waals surface area contributed by atoms with Gasteiger partial charge < -0.3 is 14.6 Å². The van der Waals surface area contributed by atoms with Crippen LogP contribution in [0.1, 0.15) is 43.7 Å². The number of ether oxygens (including phenoxy) is 2. The average Bonchev–Trinajstić information content (AvgIpc) is 2.96. The Morgan fingerprint density at radius 3 is 2.60 bits per heavy atom. The van der Waals surface area contributed by atoms with Crippen LogP contribution in [-0.2, 0) is 14.3 Å². The SMILES string of the molecule is CCOC1CCCCC12OC(=O)C(c1cc(C)c(-c3ccc(Cl)cc3)cc1Cl)=C2O. The molecule has 1 aliphatic heterocycles. The summed E-state index contributed by atoms with van der Waals surface area (Å²) in [6.07, 6.45) is 2.75. The van der Waals surface area contributed by atoms with Crippen molar-refractivity contribution in [1.82, 2.24) is 0 Å². The van der Waals surface area contributed by atoms with Gasteiger partial charge in [0.25, 0.3) is 0 Å². The largest absolute Gasteiger partial charge is 0.507 e. The molecule has 6 heteroatoms. The molecule has 1 aliphatic carbocycles. The summed E-state index contributed by atoms with van der Waals surface area (Å²) in [6.45, 7) is 4.33. The number of benzene rings is 2. The molecule has 1 heterocycles. The quantitative estimate of drug-likeness (QED) is 0.543. The van der Waals surface area contributed by atoms with Gasteiger partial charge in [-0.15, -0.1) is 0 Å². The molecule has 0 radical (unpaired) electrons. The zero-order chi connectivity index (χ0) is 21.5. The molecule has 1 saturated carbocycles. The van der Waals surface area contributed by atoms with E-state index in [1.54, 1.807) is 0 Å². The maximum absolute atomic E-state index is 12.9. The predicted molar refractivity (Wildman–Crippen MR) is 119 cm³/mol. The minimum atomic E-state index is -1.12. The van der Waals surface area contributed by atoms with E-state index in [2.05, 4.69) is 0 Å². The van der Waals surface area contributed by atoms with Gasteiger partial charge in [-0.25, -0.2) is 4.79 Å². The monoisotopic (exact) mass is 446 g/mol. The third-order valence-electron chi connectivity index (χ3n) is 6.01. The van der Waals surface area contributed by atoms with Gasteiger partial charge in [-0.05, 0) is 74.1 Å². The fraction of sp³-hybridized carbons (Fsp3) is 0.375. The Labute approximate surface area is 186 Å². The molecule has 2 aromatic rings. The molecule has 1 spiro atoms. The van der Waals surface area contributed by atoms with Gasteiger partial charge in [-0.1, -0.05) is 41.8 Å². The highest BCUT2D eigenvalue weighted by molar-refractivity contribution is 6.35. The molecule has 2 atom stereocenters. The van der Waals surface area contributed by atoms with Gasteiger partial charge in [0.05, 0.1) is 0 Å². The van der Waals surface area contributed by atoms with Crippen molar-refractivity contribution >= 4 is 34.7 Å². The molecule has 1 N–H and O–H groups in total. The number of aryl methyl sites for hydroxylation is 1. The smallest absolute Gasteiger partial charge is 0.343 e. The summed E-state index contributed by atoms with van der Waals surface area (Å²) < 4.78 is 11.6. The van der Waals surface area contributed by atoms with E-state index in [9.17, 15) is 9.90 Å². The van der Waals surface area contributed by atoms with Gasteiger partial charge in [-0.2, -0.15) is 0 Å². The number of hydrogen-bond donors (Lipinski definition) is 1. The van der Waals surface area contributed by atoms with Gasteiger partial charge in [-0.3, -0.25) is 0 Å². The molecule has 1 fully saturated rings. The number of hydrogen-bond acceptors (Lipinski definition) is 4. The summed E-state index contributed by atoms with van der Waals surface area (Å²) in [5.74, 6) is -0.620. The number of rotatable bonds is 4. The Balaban J connectivity index is 1.79. The molecule has 0 saturated heterocycles. The number of aliphatic hydroxyl groups is 1. The minimum Gasteiger partial charge on any atom is -0.507 e. The number of aliphatic hydroxyl groups excluding tert-OH is 1. The van der Waals surface area contributed by atoms with E-state index in [4.69, 9.17) is 32.7 Å². The fourth-order valence-corrected chi connectivity index (χ4v) is 4.93. The van der Waals surface area contributed by atoms with Gasteiger partial charge in [0.1, 0.15) is 11.7 Å². The third kappa shape index (κ3) is 3.51. The second-order valence-corrected chi connectivity index (χ2v) is 8.69. The van der Waals surface area contributed by atoms with E-state index in [0.29, 0.717) is 28.6 Å². The lowest BCUT2D eigenvalue weighted by Crippen LogP contribution is -2.48. The van der Waals surface area contributed by atoms with Crippen molar-refractivity contribution < 1.29 is 19.4 Å². The number of carbonyl (C=O) groups excluding carboxylic acids is 1. The van der Waals surface area contributed by atoms with Crippen LogP contribution in [0.3, 0.4) is 0 Å². The molecule has 158 valence electrons. The molecule has 2 aromatic carbocycles. The highest BCUT2D eigenvalue weighted by atomic mass is 35.5. The van der Waals surface area contributed by atoms with E-state index in [1.165, 1.54) is 0 Å². The summed E-state index contributed by atoms with van der Waals surface area (Å²) in [7, 11) is 0. The Morgan fingerprint density at radius 2 is 1.90 bits per heavy atom. The van der Waals surface area contributed by atoms with Crippen molar-refractivity contribution in [1.29, 1.82) is 0 Å². The van der Waals surface area contributed by atoms with Crippen LogP contribution in [-0.4, -0.2) is 29.4 Å². The normalized spacial score (nSPS) is 23.9. The molecule has 0 amide bonds. The van der Waals surface area contributed by atoms with Gasteiger partial charge in [0, 0.05) is 22.2 Å². The van der Waals surface area contributed by atoms with Crippen LogP contribution in [0.4, 0.5) is 0 Å². The Morgan fingerprint density at radius 1 is 1.17 bits per heavy atom. The van der Waals surface area contributed by atoms with Crippen LogP contribution in [0.5, 0.6) is 0 Å². The van der Waals surface area contributed by atoms with Gasteiger partial charge in [0.15, 0.2) is 11.4 Å². The molecule has 2 unspecified atom stereocenters. The first-order valence-electron chi connectivity index (χ1n) is 10.2. The summed E-state index contributed by atoms with van der Waals surface area (Å²) in [5, 5.41) is 12.2. The Hall–Kier alpha value is -2.01. The zero-order valence-electron chi connectivity index (χ0n) is 17.0. The first kappa shape index (κ1) is 21.2. The van der Waals surface area contributed by atoms with Crippen LogP contribution in [0.25, 0.3) is 16.7 Å². The molecule has 30 heavy (non-hydrogen) atoms. The lowest BCUT2D eigenvalue weighted by atomic mass is 9.79. The van der Waals surface area contributed by atoms with Crippen LogP contribution in [0.15, 0.2) is 42.2 Å². The van der Waals surface area contributed by atoms with E-state index in [-0.39, 0.29) is 17.4 Å². The Kier molecular flexibility index (Phi) is 5.84. The van der Waals surface area contributed by atoms with Crippen LogP contribution < -0.4 is 0 Å². The summed E-state index contributed by atoms with van der Waals surface area (Å²) in [5.41, 5.74) is 2.33. The predicted octanol–water partition coefficient (Wildman–Crippen LogP) is 6.51. The number of esters is 1. The molecular weight excluding hydrogens is 423 g/mol. The van der Waals surface area contributed by atoms with Crippen LogP contribution in [0, 0.1) is 6.92 Å². The van der Waals surface area contributed by atoms with E-state index in [0.717, 1.165) is 36.0 Å². The second-order valence-electron chi connectivity index (χ2n) is 7.85. The zero-order valence-corrected chi connectivity index (χ0v) is 18.5. The Bertz CT molecular complexity index is 1010. The standard InChI is InChI=1S/C24H24Cl2O4/c1-3-29-20-6-4-5-11-24(20)22(27)21(23(28)30-24)18-12-14(2)17(13-19(18)26)15-7-9-16(25)10-8-15/h7-10,12-13,20,27H,3-6,11H2,1-2H3. The molecule has 0 aromatic heterocycles. The van der Waals surface area contributed by atoms with E-state index < -0.39 is 11.6 Å². The molecule has 4 rings (SSSR count). The topological polar surface area (TPSA) is 55.8 Å². The van der Waals surface area contributed by atoms with Crippen molar-refractivity contribution in [2.45, 2.75) is 51.2 Å². The summed E-state index contributed by atoms with van der Waals surface area (Å²) >= 11 is 12.6. The fourth-order valence-electron chi connectivity index (χ4n) is 4.54. The van der Waals surface area contributed by atoms with Crippen molar-refractivity contribution in [3.63, 3.8) is 0 Å². The maximum Gasteiger partial charge on any atom is 0.343 e. The van der Waals surface area contributed by atoms with Crippen molar-refractivity contribution in [3.8, 4) is 11.1 Å². The van der Waals surface area contributed by atoms with E-state index >= 15 is 0 Å².